The van der Waals surface area contributed by atoms with Gasteiger partial charge in [0.15, 0.2) is 0 Å². The van der Waals surface area contributed by atoms with Crippen LogP contribution >= 0.6 is 0 Å². The van der Waals surface area contributed by atoms with E-state index in [4.69, 9.17) is 0 Å². The quantitative estimate of drug-likeness (QED) is 0.675. The third-order valence-electron chi connectivity index (χ3n) is 3.44. The van der Waals surface area contributed by atoms with Crippen LogP contribution in [0.2, 0.25) is 0 Å². The van der Waals surface area contributed by atoms with Crippen molar-refractivity contribution in [2.75, 3.05) is 0 Å². The summed E-state index contributed by atoms with van der Waals surface area (Å²) in [6, 6.07) is 0. The molecule has 0 spiro atoms. The third-order valence-corrected chi connectivity index (χ3v) is 3.44. The number of carbonyl (C=O) groups is 4. The Kier molecular flexibility index (Phi) is 7.23. The second-order valence-corrected chi connectivity index (χ2v) is 5.22. The Morgan fingerprint density at radius 1 is 0.368 bits per heavy atom. The summed E-state index contributed by atoms with van der Waals surface area (Å²) in [6.07, 6.45) is 4.84. The van der Waals surface area contributed by atoms with Crippen molar-refractivity contribution >= 4 is 23.1 Å². The van der Waals surface area contributed by atoms with Crippen molar-refractivity contribution in [2.24, 2.45) is 0 Å². The van der Waals surface area contributed by atoms with E-state index < -0.39 is 0 Å². The van der Waals surface area contributed by atoms with E-state index in [0.717, 1.165) is 12.8 Å². The fraction of sp³-hybridized carbons (Fsp3) is 0.733. The van der Waals surface area contributed by atoms with Crippen molar-refractivity contribution in [3.63, 3.8) is 0 Å². The minimum absolute atomic E-state index is 0.00681. The van der Waals surface area contributed by atoms with Crippen molar-refractivity contribution in [1.82, 2.24) is 0 Å². The van der Waals surface area contributed by atoms with Gasteiger partial charge in [-0.15, -0.1) is 0 Å². The summed E-state index contributed by atoms with van der Waals surface area (Å²) in [7, 11) is 0. The highest BCUT2D eigenvalue weighted by Gasteiger charge is 2.12. The molecular weight excluding hydrogens is 244 g/mol. The van der Waals surface area contributed by atoms with Crippen molar-refractivity contribution < 1.29 is 19.2 Å². The van der Waals surface area contributed by atoms with Gasteiger partial charge in [0.2, 0.25) is 0 Å². The summed E-state index contributed by atoms with van der Waals surface area (Å²) in [6.45, 7) is 0. The summed E-state index contributed by atoms with van der Waals surface area (Å²) in [5, 5.41) is 0. The van der Waals surface area contributed by atoms with E-state index >= 15 is 0 Å². The largest absolute Gasteiger partial charge is 0.300 e. The molecule has 4 heteroatoms. The van der Waals surface area contributed by atoms with Crippen molar-refractivity contribution in [3.8, 4) is 0 Å². The average molecular weight is 266 g/mol. The molecule has 1 aliphatic carbocycles. The molecule has 1 aliphatic rings. The fourth-order valence-corrected chi connectivity index (χ4v) is 2.18. The lowest BCUT2D eigenvalue weighted by atomic mass is 10.0. The lowest BCUT2D eigenvalue weighted by molar-refractivity contribution is -0.126. The van der Waals surface area contributed by atoms with Crippen LogP contribution in [0.4, 0.5) is 0 Å². The number of carbonyl (C=O) groups excluding carboxylic acids is 4. The minimum atomic E-state index is -0.00681. The van der Waals surface area contributed by atoms with Crippen molar-refractivity contribution in [2.45, 2.75) is 70.6 Å². The molecule has 0 aromatic carbocycles. The van der Waals surface area contributed by atoms with Gasteiger partial charge in [0.25, 0.3) is 0 Å². The van der Waals surface area contributed by atoms with Gasteiger partial charge in [-0.2, -0.15) is 0 Å². The first kappa shape index (κ1) is 15.7. The first-order valence-electron chi connectivity index (χ1n) is 7.14. The second kappa shape index (κ2) is 8.73. The van der Waals surface area contributed by atoms with E-state index in [9.17, 15) is 19.2 Å². The monoisotopic (exact) mass is 266 g/mol. The van der Waals surface area contributed by atoms with Gasteiger partial charge in [-0.1, -0.05) is 0 Å². The molecule has 0 aromatic heterocycles. The first-order chi connectivity index (χ1) is 9.08. The Morgan fingerprint density at radius 3 is 1.05 bits per heavy atom. The molecule has 1 fully saturated rings. The predicted octanol–water partition coefficient (Wildman–Crippen LogP) is 2.57. The maximum atomic E-state index is 11.5. The zero-order valence-electron chi connectivity index (χ0n) is 11.4. The Bertz CT molecular complexity index is 357. The Hall–Kier alpha value is -1.32. The summed E-state index contributed by atoms with van der Waals surface area (Å²) in [5.74, 6) is 0.295. The predicted molar refractivity (Wildman–Crippen MR) is 70.8 cm³/mol. The molecule has 0 amide bonds. The molecule has 1 saturated carbocycles. The molecule has 1 rings (SSSR count). The topological polar surface area (TPSA) is 68.3 Å². The molecule has 106 valence electrons. The molecule has 0 unspecified atom stereocenters. The average Bonchev–Trinajstić information content (AvgIpc) is 2.38. The lowest BCUT2D eigenvalue weighted by Crippen LogP contribution is -2.07. The highest BCUT2D eigenvalue weighted by atomic mass is 16.1. The molecule has 0 heterocycles. The summed E-state index contributed by atoms with van der Waals surface area (Å²) in [5.41, 5.74) is 0. The number of Topliss-reactive ketones (excluding diaryl/α,β-unsaturated/α-hetero) is 4. The highest BCUT2D eigenvalue weighted by Crippen LogP contribution is 2.11. The molecule has 4 nitrogen and oxygen atoms in total. The number of rotatable bonds is 0. The Morgan fingerprint density at radius 2 is 0.632 bits per heavy atom. The van der Waals surface area contributed by atoms with E-state index in [1.165, 1.54) is 0 Å². The molecule has 0 atom stereocenters. The molecule has 0 radical (unpaired) electrons. The maximum Gasteiger partial charge on any atom is 0.133 e. The normalized spacial score (nSPS) is 21.9. The van der Waals surface area contributed by atoms with Crippen LogP contribution in [0.5, 0.6) is 0 Å². The van der Waals surface area contributed by atoms with Crippen LogP contribution in [0.3, 0.4) is 0 Å². The molecular formula is C15H22O4. The third kappa shape index (κ3) is 7.65. The van der Waals surface area contributed by atoms with Crippen molar-refractivity contribution in [3.05, 3.63) is 0 Å². The van der Waals surface area contributed by atoms with Gasteiger partial charge in [-0.05, 0) is 19.3 Å². The molecule has 19 heavy (non-hydrogen) atoms. The summed E-state index contributed by atoms with van der Waals surface area (Å²) < 4.78 is 0. The number of ketones is 4. The minimum Gasteiger partial charge on any atom is -0.300 e. The Labute approximate surface area is 113 Å². The zero-order chi connectivity index (χ0) is 14.1. The summed E-state index contributed by atoms with van der Waals surface area (Å²) in [4.78, 5) is 46.0. The van der Waals surface area contributed by atoms with Crippen LogP contribution in [-0.4, -0.2) is 23.1 Å². The molecule has 0 aliphatic heterocycles. The molecule has 0 aromatic rings. The van der Waals surface area contributed by atoms with Crippen LogP contribution in [0.25, 0.3) is 0 Å². The SMILES string of the molecule is O=C1CCCCC(=O)CCC(=O)CCC(=O)CCC1. The van der Waals surface area contributed by atoms with Gasteiger partial charge >= 0.3 is 0 Å². The van der Waals surface area contributed by atoms with Gasteiger partial charge in [0.05, 0.1) is 0 Å². The first-order valence-corrected chi connectivity index (χ1v) is 7.14. The molecule has 0 N–H and O–H groups in total. The van der Waals surface area contributed by atoms with Crippen molar-refractivity contribution in [1.29, 1.82) is 0 Å². The standard InChI is InChI=1S/C15H22O4/c16-12-4-1-2-5-13(17)8-10-15(19)11-9-14(18)7-3-6-12/h1-11H2. The molecule has 0 saturated heterocycles. The van der Waals surface area contributed by atoms with E-state index in [1.807, 2.05) is 0 Å². The van der Waals surface area contributed by atoms with Crippen LogP contribution < -0.4 is 0 Å². The van der Waals surface area contributed by atoms with Gasteiger partial charge < -0.3 is 0 Å². The van der Waals surface area contributed by atoms with E-state index in [1.54, 1.807) is 0 Å². The van der Waals surface area contributed by atoms with Gasteiger partial charge in [-0.25, -0.2) is 0 Å². The van der Waals surface area contributed by atoms with Crippen LogP contribution in [0.1, 0.15) is 70.6 Å². The highest BCUT2D eigenvalue weighted by molar-refractivity contribution is 5.89. The van der Waals surface area contributed by atoms with Gasteiger partial charge in [0, 0.05) is 51.4 Å². The summed E-state index contributed by atoms with van der Waals surface area (Å²) >= 11 is 0. The van der Waals surface area contributed by atoms with Gasteiger partial charge in [-0.3, -0.25) is 19.2 Å². The van der Waals surface area contributed by atoms with E-state index in [0.29, 0.717) is 32.1 Å². The maximum absolute atomic E-state index is 11.5. The zero-order valence-corrected chi connectivity index (χ0v) is 11.4. The van der Waals surface area contributed by atoms with Crippen LogP contribution in [0.15, 0.2) is 0 Å². The van der Waals surface area contributed by atoms with E-state index in [-0.39, 0.29) is 48.8 Å². The second-order valence-electron chi connectivity index (χ2n) is 5.22. The fourth-order valence-electron chi connectivity index (χ4n) is 2.18. The van der Waals surface area contributed by atoms with Crippen LogP contribution in [0, 0.1) is 0 Å². The van der Waals surface area contributed by atoms with Crippen LogP contribution in [-0.2, 0) is 19.2 Å². The molecule has 0 bridgehead atoms. The van der Waals surface area contributed by atoms with E-state index in [2.05, 4.69) is 0 Å². The number of hydrogen-bond donors (Lipinski definition) is 0. The smallest absolute Gasteiger partial charge is 0.133 e. The Balaban J connectivity index is 2.45. The lowest BCUT2D eigenvalue weighted by Gasteiger charge is -2.00. The van der Waals surface area contributed by atoms with Gasteiger partial charge in [0.1, 0.15) is 23.1 Å². The number of hydrogen-bond acceptors (Lipinski definition) is 4.